The topological polar surface area (TPSA) is 23.5 Å². The van der Waals surface area contributed by atoms with Gasteiger partial charge in [-0.25, -0.2) is 0 Å². The van der Waals surface area contributed by atoms with E-state index in [4.69, 9.17) is 0 Å². The first-order valence-corrected chi connectivity index (χ1v) is 5.74. The molecule has 82 valence electrons. The average Bonchev–Trinajstić information content (AvgIpc) is 2.60. The second-order valence-electron chi connectivity index (χ2n) is 4.42. The predicted octanol–water partition coefficient (Wildman–Crippen LogP) is 1.89. The summed E-state index contributed by atoms with van der Waals surface area (Å²) >= 11 is 0. The first kappa shape index (κ1) is 10.7. The van der Waals surface area contributed by atoms with Gasteiger partial charge in [-0.1, -0.05) is 37.3 Å². The van der Waals surface area contributed by atoms with Gasteiger partial charge in [0.2, 0.25) is 0 Å². The van der Waals surface area contributed by atoms with Crippen molar-refractivity contribution in [1.82, 2.24) is 4.90 Å². The van der Waals surface area contributed by atoms with Crippen LogP contribution in [0.25, 0.3) is 0 Å². The third-order valence-corrected chi connectivity index (χ3v) is 3.26. The number of hydrogen-bond acceptors (Lipinski definition) is 2. The Morgan fingerprint density at radius 3 is 2.60 bits per heavy atom. The van der Waals surface area contributed by atoms with Crippen LogP contribution in [0.1, 0.15) is 18.9 Å². The first-order chi connectivity index (χ1) is 7.29. The quantitative estimate of drug-likeness (QED) is 0.814. The van der Waals surface area contributed by atoms with Crippen molar-refractivity contribution in [3.63, 3.8) is 0 Å². The first-order valence-electron chi connectivity index (χ1n) is 5.74. The summed E-state index contributed by atoms with van der Waals surface area (Å²) < 4.78 is 0. The molecule has 0 aliphatic carbocycles. The molecule has 1 aromatic carbocycles. The summed E-state index contributed by atoms with van der Waals surface area (Å²) in [5.41, 5.74) is 1.33. The van der Waals surface area contributed by atoms with E-state index in [0.29, 0.717) is 5.92 Å². The van der Waals surface area contributed by atoms with Gasteiger partial charge in [-0.3, -0.25) is 4.90 Å². The second-order valence-corrected chi connectivity index (χ2v) is 4.42. The highest BCUT2D eigenvalue weighted by molar-refractivity contribution is 5.14. The standard InChI is InChI=1S/C13H19NO/c1-2-12-9-14(10-13(12)15)8-11-6-4-3-5-7-11/h3-7,12-13,15H,2,8-10H2,1H3. The molecule has 2 unspecified atom stereocenters. The average molecular weight is 205 g/mol. The molecule has 2 rings (SSSR count). The Hall–Kier alpha value is -0.860. The Kier molecular flexibility index (Phi) is 3.39. The molecule has 15 heavy (non-hydrogen) atoms. The van der Waals surface area contributed by atoms with Gasteiger partial charge in [0.1, 0.15) is 0 Å². The normalized spacial score (nSPS) is 27.1. The molecule has 0 bridgehead atoms. The Bertz CT molecular complexity index is 299. The van der Waals surface area contributed by atoms with Crippen molar-refractivity contribution < 1.29 is 5.11 Å². The maximum absolute atomic E-state index is 9.80. The minimum Gasteiger partial charge on any atom is -0.391 e. The second kappa shape index (κ2) is 4.77. The van der Waals surface area contributed by atoms with Crippen LogP contribution in [0.3, 0.4) is 0 Å². The van der Waals surface area contributed by atoms with E-state index in [-0.39, 0.29) is 6.10 Å². The van der Waals surface area contributed by atoms with Gasteiger partial charge < -0.3 is 5.11 Å². The highest BCUT2D eigenvalue weighted by Crippen LogP contribution is 2.21. The molecule has 1 fully saturated rings. The van der Waals surface area contributed by atoms with Crippen molar-refractivity contribution in [2.75, 3.05) is 13.1 Å². The molecule has 0 amide bonds. The number of nitrogens with zero attached hydrogens (tertiary/aromatic N) is 1. The number of aliphatic hydroxyl groups is 1. The fourth-order valence-corrected chi connectivity index (χ4v) is 2.31. The number of β-amino-alcohol motifs (C(OH)–C–C–N with tert-alkyl or cyclic N) is 1. The molecule has 0 saturated carbocycles. The molecule has 2 heteroatoms. The number of rotatable bonds is 3. The molecular weight excluding hydrogens is 186 g/mol. The largest absolute Gasteiger partial charge is 0.391 e. The van der Waals surface area contributed by atoms with Crippen LogP contribution < -0.4 is 0 Å². The number of hydrogen-bond donors (Lipinski definition) is 1. The zero-order chi connectivity index (χ0) is 10.7. The molecule has 1 N–H and O–H groups in total. The number of likely N-dealkylation sites (tertiary alicyclic amines) is 1. The number of aliphatic hydroxyl groups excluding tert-OH is 1. The summed E-state index contributed by atoms with van der Waals surface area (Å²) in [4.78, 5) is 2.34. The minimum absolute atomic E-state index is 0.126. The third kappa shape index (κ3) is 2.58. The van der Waals surface area contributed by atoms with Crippen LogP contribution in [0.4, 0.5) is 0 Å². The van der Waals surface area contributed by atoms with Gasteiger partial charge in [-0.2, -0.15) is 0 Å². The summed E-state index contributed by atoms with van der Waals surface area (Å²) in [7, 11) is 0. The van der Waals surface area contributed by atoms with Crippen LogP contribution >= 0.6 is 0 Å². The third-order valence-electron chi connectivity index (χ3n) is 3.26. The fraction of sp³-hybridized carbons (Fsp3) is 0.538. The van der Waals surface area contributed by atoms with Crippen molar-refractivity contribution in [1.29, 1.82) is 0 Å². The van der Waals surface area contributed by atoms with Gasteiger partial charge in [-0.15, -0.1) is 0 Å². The zero-order valence-corrected chi connectivity index (χ0v) is 9.26. The SMILES string of the molecule is CCC1CN(Cc2ccccc2)CC1O. The lowest BCUT2D eigenvalue weighted by Crippen LogP contribution is -2.21. The van der Waals surface area contributed by atoms with Crippen molar-refractivity contribution in [2.24, 2.45) is 5.92 Å². The molecule has 0 aromatic heterocycles. The summed E-state index contributed by atoms with van der Waals surface area (Å²) in [6.07, 6.45) is 0.950. The van der Waals surface area contributed by atoms with Gasteiger partial charge in [0.15, 0.2) is 0 Å². The summed E-state index contributed by atoms with van der Waals surface area (Å²) in [6, 6.07) is 10.5. The van der Waals surface area contributed by atoms with Crippen LogP contribution in [0, 0.1) is 5.92 Å². The Morgan fingerprint density at radius 2 is 2.00 bits per heavy atom. The van der Waals surface area contributed by atoms with Gasteiger partial charge >= 0.3 is 0 Å². The van der Waals surface area contributed by atoms with E-state index in [2.05, 4.69) is 36.1 Å². The predicted molar refractivity (Wildman–Crippen MR) is 61.5 cm³/mol. The van der Waals surface area contributed by atoms with Gasteiger partial charge in [0, 0.05) is 19.6 Å². The van der Waals surface area contributed by atoms with Crippen LogP contribution in [0.15, 0.2) is 30.3 Å². The number of benzene rings is 1. The van der Waals surface area contributed by atoms with Crippen LogP contribution in [0.2, 0.25) is 0 Å². The van der Waals surface area contributed by atoms with Crippen molar-refractivity contribution in [2.45, 2.75) is 26.0 Å². The van der Waals surface area contributed by atoms with Crippen molar-refractivity contribution in [3.8, 4) is 0 Å². The lowest BCUT2D eigenvalue weighted by molar-refractivity contribution is 0.139. The Labute approximate surface area is 91.5 Å². The zero-order valence-electron chi connectivity index (χ0n) is 9.26. The molecule has 0 spiro atoms. The molecule has 1 aliphatic rings. The van der Waals surface area contributed by atoms with Gasteiger partial charge in [0.05, 0.1) is 6.10 Å². The van der Waals surface area contributed by atoms with Crippen LogP contribution in [-0.4, -0.2) is 29.2 Å². The van der Waals surface area contributed by atoms with Crippen LogP contribution in [0.5, 0.6) is 0 Å². The maximum atomic E-state index is 9.80. The summed E-state index contributed by atoms with van der Waals surface area (Å²) in [5, 5.41) is 9.80. The van der Waals surface area contributed by atoms with Gasteiger partial charge in [0.25, 0.3) is 0 Å². The molecule has 1 heterocycles. The fourth-order valence-electron chi connectivity index (χ4n) is 2.31. The molecule has 2 nitrogen and oxygen atoms in total. The molecular formula is C13H19NO. The van der Waals surface area contributed by atoms with Crippen molar-refractivity contribution >= 4 is 0 Å². The minimum atomic E-state index is -0.126. The molecule has 1 aromatic rings. The van der Waals surface area contributed by atoms with E-state index in [9.17, 15) is 5.11 Å². The Morgan fingerprint density at radius 1 is 1.27 bits per heavy atom. The summed E-state index contributed by atoms with van der Waals surface area (Å²) in [6.45, 7) is 4.98. The van der Waals surface area contributed by atoms with E-state index in [1.54, 1.807) is 0 Å². The molecule has 2 atom stereocenters. The smallest absolute Gasteiger partial charge is 0.0707 e. The van der Waals surface area contributed by atoms with E-state index in [1.165, 1.54) is 5.56 Å². The maximum Gasteiger partial charge on any atom is 0.0707 e. The molecule has 1 saturated heterocycles. The summed E-state index contributed by atoms with van der Waals surface area (Å²) in [5.74, 6) is 0.466. The van der Waals surface area contributed by atoms with E-state index < -0.39 is 0 Å². The van der Waals surface area contributed by atoms with Gasteiger partial charge in [-0.05, 0) is 17.9 Å². The highest BCUT2D eigenvalue weighted by atomic mass is 16.3. The lowest BCUT2D eigenvalue weighted by Gasteiger charge is -2.14. The highest BCUT2D eigenvalue weighted by Gasteiger charge is 2.29. The van der Waals surface area contributed by atoms with Crippen LogP contribution in [-0.2, 0) is 6.54 Å². The van der Waals surface area contributed by atoms with E-state index >= 15 is 0 Å². The molecule has 0 radical (unpaired) electrons. The lowest BCUT2D eigenvalue weighted by atomic mass is 10.0. The monoisotopic (exact) mass is 205 g/mol. The van der Waals surface area contributed by atoms with E-state index in [0.717, 1.165) is 26.1 Å². The molecule has 1 aliphatic heterocycles. The van der Waals surface area contributed by atoms with E-state index in [1.807, 2.05) is 6.07 Å². The Balaban J connectivity index is 1.92. The van der Waals surface area contributed by atoms with Crippen molar-refractivity contribution in [3.05, 3.63) is 35.9 Å².